The summed E-state index contributed by atoms with van der Waals surface area (Å²) in [6, 6.07) is 7.89. The number of amides is 2. The Hall–Kier alpha value is -2.12. The molecule has 2 atom stereocenters. The molecule has 0 aromatic heterocycles. The molecule has 2 amide bonds. The maximum Gasteiger partial charge on any atom is 0.228 e. The zero-order chi connectivity index (χ0) is 19.5. The lowest BCUT2D eigenvalue weighted by molar-refractivity contribution is -0.135. The highest BCUT2D eigenvalue weighted by Gasteiger charge is 2.49. The van der Waals surface area contributed by atoms with E-state index in [0.29, 0.717) is 19.6 Å². The van der Waals surface area contributed by atoms with E-state index in [9.17, 15) is 9.59 Å². The first-order valence-electron chi connectivity index (χ1n) is 10.4. The van der Waals surface area contributed by atoms with Gasteiger partial charge in [0.05, 0.1) is 36.4 Å². The molecule has 1 saturated carbocycles. The number of nitrogens with one attached hydrogen (secondary N) is 1. The SMILES string of the molecule is CCN1CCN(C(=O)C2CC2C(=O)Nc2ccccc2N2CCOCC2)CC1. The number of nitrogens with zero attached hydrogens (tertiary/aromatic N) is 3. The number of hydrogen-bond donors (Lipinski definition) is 1. The van der Waals surface area contributed by atoms with E-state index in [1.807, 2.05) is 29.2 Å². The number of para-hydroxylation sites is 2. The largest absolute Gasteiger partial charge is 0.378 e. The first kappa shape index (κ1) is 19.2. The number of morpholine rings is 1. The predicted octanol–water partition coefficient (Wildman–Crippen LogP) is 1.26. The van der Waals surface area contributed by atoms with Gasteiger partial charge in [0.1, 0.15) is 0 Å². The van der Waals surface area contributed by atoms with E-state index in [2.05, 4.69) is 22.0 Å². The molecule has 4 rings (SSSR count). The minimum atomic E-state index is -0.200. The Balaban J connectivity index is 1.34. The van der Waals surface area contributed by atoms with E-state index in [-0.39, 0.29) is 23.7 Å². The number of carbonyl (C=O) groups is 2. The van der Waals surface area contributed by atoms with Crippen molar-refractivity contribution in [1.29, 1.82) is 0 Å². The van der Waals surface area contributed by atoms with E-state index in [4.69, 9.17) is 4.74 Å². The van der Waals surface area contributed by atoms with Crippen LogP contribution in [0.25, 0.3) is 0 Å². The fourth-order valence-corrected chi connectivity index (χ4v) is 4.16. The highest BCUT2D eigenvalue weighted by atomic mass is 16.5. The number of rotatable bonds is 5. The van der Waals surface area contributed by atoms with Crippen LogP contribution in [0.5, 0.6) is 0 Å². The third-order valence-electron chi connectivity index (χ3n) is 6.09. The van der Waals surface area contributed by atoms with Crippen LogP contribution in [0, 0.1) is 11.8 Å². The van der Waals surface area contributed by atoms with Crippen LogP contribution in [0.3, 0.4) is 0 Å². The summed E-state index contributed by atoms with van der Waals surface area (Å²) < 4.78 is 5.43. The molecule has 1 aromatic carbocycles. The lowest BCUT2D eigenvalue weighted by Gasteiger charge is -2.34. The molecule has 3 fully saturated rings. The molecule has 2 aliphatic heterocycles. The van der Waals surface area contributed by atoms with Crippen molar-refractivity contribution in [3.63, 3.8) is 0 Å². The van der Waals surface area contributed by atoms with Crippen molar-refractivity contribution in [2.45, 2.75) is 13.3 Å². The van der Waals surface area contributed by atoms with Gasteiger partial charge in [-0.3, -0.25) is 9.59 Å². The van der Waals surface area contributed by atoms with E-state index >= 15 is 0 Å². The Morgan fingerprint density at radius 3 is 2.46 bits per heavy atom. The van der Waals surface area contributed by atoms with E-state index in [1.165, 1.54) is 0 Å². The van der Waals surface area contributed by atoms with E-state index in [0.717, 1.165) is 57.2 Å². The Morgan fingerprint density at radius 1 is 1.04 bits per heavy atom. The molecule has 1 aromatic rings. The zero-order valence-electron chi connectivity index (χ0n) is 16.6. The van der Waals surface area contributed by atoms with Crippen molar-refractivity contribution in [3.8, 4) is 0 Å². The number of anilines is 2. The van der Waals surface area contributed by atoms with E-state index < -0.39 is 0 Å². The number of carbonyl (C=O) groups excluding carboxylic acids is 2. The molecule has 1 N–H and O–H groups in total. The van der Waals surface area contributed by atoms with Gasteiger partial charge in [-0.25, -0.2) is 0 Å². The summed E-state index contributed by atoms with van der Waals surface area (Å²) in [5, 5.41) is 3.07. The second-order valence-corrected chi connectivity index (χ2v) is 7.81. The van der Waals surface area contributed by atoms with Gasteiger partial charge in [-0.05, 0) is 25.1 Å². The van der Waals surface area contributed by atoms with Crippen LogP contribution in [-0.2, 0) is 14.3 Å². The molecule has 3 aliphatic rings. The average molecular weight is 386 g/mol. The fourth-order valence-electron chi connectivity index (χ4n) is 4.16. The Kier molecular flexibility index (Phi) is 5.82. The third kappa shape index (κ3) is 4.15. The highest BCUT2D eigenvalue weighted by molar-refractivity contribution is 6.01. The van der Waals surface area contributed by atoms with Crippen LogP contribution >= 0.6 is 0 Å². The number of benzene rings is 1. The molecule has 2 heterocycles. The van der Waals surface area contributed by atoms with Gasteiger partial charge < -0.3 is 24.8 Å². The Morgan fingerprint density at radius 2 is 1.75 bits per heavy atom. The Labute approximate surface area is 166 Å². The summed E-state index contributed by atoms with van der Waals surface area (Å²) in [5.74, 6) is -0.234. The van der Waals surface area contributed by atoms with Gasteiger partial charge in [0.2, 0.25) is 11.8 Å². The van der Waals surface area contributed by atoms with Crippen LogP contribution in [0.2, 0.25) is 0 Å². The molecule has 0 radical (unpaired) electrons. The Bertz CT molecular complexity index is 711. The van der Waals surface area contributed by atoms with E-state index in [1.54, 1.807) is 0 Å². The highest BCUT2D eigenvalue weighted by Crippen LogP contribution is 2.41. The van der Waals surface area contributed by atoms with Crippen LogP contribution in [0.4, 0.5) is 11.4 Å². The molecule has 2 unspecified atom stereocenters. The summed E-state index contributed by atoms with van der Waals surface area (Å²) >= 11 is 0. The van der Waals surface area contributed by atoms with Gasteiger partial charge in [-0.2, -0.15) is 0 Å². The van der Waals surface area contributed by atoms with Crippen LogP contribution in [0.15, 0.2) is 24.3 Å². The average Bonchev–Trinajstić information content (AvgIpc) is 3.55. The second-order valence-electron chi connectivity index (χ2n) is 7.81. The molecular weight excluding hydrogens is 356 g/mol. The van der Waals surface area contributed by atoms with Crippen molar-refractivity contribution < 1.29 is 14.3 Å². The number of ether oxygens (including phenoxy) is 1. The normalized spacial score (nSPS) is 25.5. The molecule has 152 valence electrons. The van der Waals surface area contributed by atoms with Crippen molar-refractivity contribution >= 4 is 23.2 Å². The third-order valence-corrected chi connectivity index (χ3v) is 6.09. The molecule has 28 heavy (non-hydrogen) atoms. The summed E-state index contributed by atoms with van der Waals surface area (Å²) in [7, 11) is 0. The monoisotopic (exact) mass is 386 g/mol. The fraction of sp³-hybridized carbons (Fsp3) is 0.619. The minimum Gasteiger partial charge on any atom is -0.378 e. The van der Waals surface area contributed by atoms with Gasteiger partial charge >= 0.3 is 0 Å². The summed E-state index contributed by atoms with van der Waals surface area (Å²) in [5.41, 5.74) is 1.85. The summed E-state index contributed by atoms with van der Waals surface area (Å²) in [6.45, 7) is 9.63. The maximum absolute atomic E-state index is 12.8. The van der Waals surface area contributed by atoms with Crippen molar-refractivity contribution in [2.75, 3.05) is 69.2 Å². The molecule has 0 spiro atoms. The number of piperazine rings is 1. The maximum atomic E-state index is 12.8. The molecule has 0 bridgehead atoms. The first-order valence-corrected chi connectivity index (χ1v) is 10.4. The van der Waals surface area contributed by atoms with Crippen LogP contribution in [0.1, 0.15) is 13.3 Å². The van der Waals surface area contributed by atoms with Gasteiger partial charge in [-0.15, -0.1) is 0 Å². The topological polar surface area (TPSA) is 65.1 Å². The summed E-state index contributed by atoms with van der Waals surface area (Å²) in [4.78, 5) is 32.0. The predicted molar refractivity (Wildman–Crippen MR) is 108 cm³/mol. The number of hydrogen-bond acceptors (Lipinski definition) is 5. The van der Waals surface area contributed by atoms with Crippen molar-refractivity contribution in [3.05, 3.63) is 24.3 Å². The quantitative estimate of drug-likeness (QED) is 0.826. The molecule has 1 aliphatic carbocycles. The molecule has 7 nitrogen and oxygen atoms in total. The van der Waals surface area contributed by atoms with Crippen LogP contribution in [-0.4, -0.2) is 80.6 Å². The lowest BCUT2D eigenvalue weighted by atomic mass is 10.2. The van der Waals surface area contributed by atoms with Gasteiger partial charge in [0, 0.05) is 39.3 Å². The second kappa shape index (κ2) is 8.49. The van der Waals surface area contributed by atoms with Gasteiger partial charge in [-0.1, -0.05) is 19.1 Å². The number of likely N-dealkylation sites (N-methyl/N-ethyl adjacent to an activating group) is 1. The molecular formula is C21H30N4O3. The molecule has 2 saturated heterocycles. The van der Waals surface area contributed by atoms with Crippen LogP contribution < -0.4 is 10.2 Å². The smallest absolute Gasteiger partial charge is 0.228 e. The standard InChI is InChI=1S/C21H30N4O3/c1-2-23-7-9-25(10-8-23)21(27)17-15-16(17)20(26)22-18-5-3-4-6-19(18)24-11-13-28-14-12-24/h3-6,16-17H,2,7-15H2,1H3,(H,22,26). The minimum absolute atomic E-state index is 0.0359. The van der Waals surface area contributed by atoms with Crippen molar-refractivity contribution in [1.82, 2.24) is 9.80 Å². The lowest BCUT2D eigenvalue weighted by Crippen LogP contribution is -2.49. The van der Waals surface area contributed by atoms with Crippen molar-refractivity contribution in [2.24, 2.45) is 11.8 Å². The first-order chi connectivity index (χ1) is 13.7. The zero-order valence-corrected chi connectivity index (χ0v) is 16.6. The summed E-state index contributed by atoms with van der Waals surface area (Å²) in [6.07, 6.45) is 0.665. The molecule has 7 heteroatoms. The van der Waals surface area contributed by atoms with Gasteiger partial charge in [0.15, 0.2) is 0 Å². The van der Waals surface area contributed by atoms with Gasteiger partial charge in [0.25, 0.3) is 0 Å².